The minimum Gasteiger partial charge on any atom is -0.365 e. The molecule has 0 spiro atoms. The Hall–Kier alpha value is -1.76. The normalized spacial score (nSPS) is 17.2. The standard InChI is InChI=1S/C10H12N4O2S/c1-17-10-3-2-8(6-12-10)13-5-4-11-9(13)7-14(15)16/h2-3,6-7,11H,4-5H2,1H3/b9-7+. The van der Waals surface area contributed by atoms with Crippen molar-refractivity contribution in [3.8, 4) is 0 Å². The van der Waals surface area contributed by atoms with Crippen molar-refractivity contribution in [1.82, 2.24) is 10.3 Å². The van der Waals surface area contributed by atoms with E-state index in [-0.39, 0.29) is 0 Å². The molecule has 2 heterocycles. The second-order valence-corrected chi connectivity index (χ2v) is 4.26. The van der Waals surface area contributed by atoms with Gasteiger partial charge in [-0.2, -0.15) is 0 Å². The number of pyridine rings is 1. The third-order valence-corrected chi connectivity index (χ3v) is 3.06. The van der Waals surface area contributed by atoms with Gasteiger partial charge in [-0.25, -0.2) is 4.98 Å². The molecule has 1 aromatic heterocycles. The van der Waals surface area contributed by atoms with Crippen LogP contribution in [0.15, 0.2) is 35.4 Å². The van der Waals surface area contributed by atoms with Gasteiger partial charge in [0.1, 0.15) is 0 Å². The number of hydrogen-bond acceptors (Lipinski definition) is 6. The Morgan fingerprint density at radius 3 is 3.06 bits per heavy atom. The van der Waals surface area contributed by atoms with Crippen molar-refractivity contribution >= 4 is 17.4 Å². The molecule has 1 aliphatic heterocycles. The molecule has 0 aromatic carbocycles. The number of nitrogens with one attached hydrogen (secondary N) is 1. The molecule has 2 rings (SSSR count). The molecular weight excluding hydrogens is 240 g/mol. The van der Waals surface area contributed by atoms with Crippen molar-refractivity contribution in [1.29, 1.82) is 0 Å². The molecule has 7 heteroatoms. The zero-order valence-electron chi connectivity index (χ0n) is 9.29. The third kappa shape index (κ3) is 2.68. The van der Waals surface area contributed by atoms with Crippen molar-refractivity contribution in [3.05, 3.63) is 40.5 Å². The lowest BCUT2D eigenvalue weighted by Crippen LogP contribution is -2.20. The fourth-order valence-electron chi connectivity index (χ4n) is 1.65. The van der Waals surface area contributed by atoms with Gasteiger partial charge in [0.05, 0.1) is 21.8 Å². The quantitative estimate of drug-likeness (QED) is 0.496. The first-order valence-electron chi connectivity index (χ1n) is 5.07. The molecule has 0 atom stereocenters. The van der Waals surface area contributed by atoms with E-state index in [9.17, 15) is 10.1 Å². The molecule has 0 radical (unpaired) electrons. The predicted molar refractivity (Wildman–Crippen MR) is 66.4 cm³/mol. The van der Waals surface area contributed by atoms with Crippen molar-refractivity contribution < 1.29 is 4.92 Å². The lowest BCUT2D eigenvalue weighted by molar-refractivity contribution is -0.403. The van der Waals surface area contributed by atoms with E-state index in [1.807, 2.05) is 23.3 Å². The second-order valence-electron chi connectivity index (χ2n) is 3.44. The van der Waals surface area contributed by atoms with Crippen molar-refractivity contribution in [3.63, 3.8) is 0 Å². The van der Waals surface area contributed by atoms with E-state index in [1.54, 1.807) is 18.0 Å². The lowest BCUT2D eigenvalue weighted by atomic mass is 10.4. The summed E-state index contributed by atoms with van der Waals surface area (Å²) in [6.45, 7) is 1.41. The van der Waals surface area contributed by atoms with Crippen LogP contribution in [0, 0.1) is 10.1 Å². The van der Waals surface area contributed by atoms with Gasteiger partial charge in [-0.3, -0.25) is 10.1 Å². The van der Waals surface area contributed by atoms with E-state index in [0.29, 0.717) is 18.9 Å². The highest BCUT2D eigenvalue weighted by Gasteiger charge is 2.21. The average molecular weight is 252 g/mol. The lowest BCUT2D eigenvalue weighted by Gasteiger charge is -2.16. The van der Waals surface area contributed by atoms with Crippen molar-refractivity contribution in [2.75, 3.05) is 24.2 Å². The first kappa shape index (κ1) is 11.7. The number of thioether (sulfide) groups is 1. The van der Waals surface area contributed by atoms with Crippen molar-refractivity contribution in [2.45, 2.75) is 5.03 Å². The van der Waals surface area contributed by atoms with E-state index in [4.69, 9.17) is 0 Å². The predicted octanol–water partition coefficient (Wildman–Crippen LogP) is 1.29. The number of nitrogens with zero attached hydrogens (tertiary/aromatic N) is 3. The summed E-state index contributed by atoms with van der Waals surface area (Å²) in [7, 11) is 0. The highest BCUT2D eigenvalue weighted by atomic mass is 32.2. The highest BCUT2D eigenvalue weighted by Crippen LogP contribution is 2.22. The van der Waals surface area contributed by atoms with Crippen molar-refractivity contribution in [2.24, 2.45) is 0 Å². The van der Waals surface area contributed by atoms with E-state index < -0.39 is 4.92 Å². The maximum absolute atomic E-state index is 10.5. The summed E-state index contributed by atoms with van der Waals surface area (Å²) in [5.74, 6) is 0.508. The largest absolute Gasteiger partial charge is 0.365 e. The minimum absolute atomic E-state index is 0.454. The molecule has 1 N–H and O–H groups in total. The first-order chi connectivity index (χ1) is 8.20. The van der Waals surface area contributed by atoms with Gasteiger partial charge in [-0.1, -0.05) is 0 Å². The van der Waals surface area contributed by atoms with Crippen LogP contribution in [0.25, 0.3) is 0 Å². The van der Waals surface area contributed by atoms with Gasteiger partial charge < -0.3 is 10.2 Å². The average Bonchev–Trinajstić information content (AvgIpc) is 2.76. The minimum atomic E-state index is -0.454. The maximum atomic E-state index is 10.5. The third-order valence-electron chi connectivity index (χ3n) is 2.40. The van der Waals surface area contributed by atoms with Crippen LogP contribution in [0.5, 0.6) is 0 Å². The van der Waals surface area contributed by atoms with Gasteiger partial charge in [0.25, 0.3) is 6.20 Å². The topological polar surface area (TPSA) is 71.3 Å². The number of aromatic nitrogens is 1. The molecule has 90 valence electrons. The summed E-state index contributed by atoms with van der Waals surface area (Å²) < 4.78 is 0. The molecule has 1 aliphatic rings. The summed E-state index contributed by atoms with van der Waals surface area (Å²) in [6, 6.07) is 3.82. The summed E-state index contributed by atoms with van der Waals surface area (Å²) in [5.41, 5.74) is 0.862. The number of rotatable bonds is 3. The van der Waals surface area contributed by atoms with E-state index in [1.165, 1.54) is 0 Å². The van der Waals surface area contributed by atoms with Gasteiger partial charge in [-0.05, 0) is 18.4 Å². The van der Waals surface area contributed by atoms with Gasteiger partial charge in [0, 0.05) is 13.1 Å². The Morgan fingerprint density at radius 2 is 2.47 bits per heavy atom. The van der Waals surface area contributed by atoms with Crippen LogP contribution in [0.1, 0.15) is 0 Å². The number of hydrogen-bond donors (Lipinski definition) is 1. The molecule has 17 heavy (non-hydrogen) atoms. The van der Waals surface area contributed by atoms with Gasteiger partial charge in [-0.15, -0.1) is 11.8 Å². The molecular formula is C10H12N4O2S. The molecule has 6 nitrogen and oxygen atoms in total. The van der Waals surface area contributed by atoms with Gasteiger partial charge >= 0.3 is 0 Å². The molecule has 0 unspecified atom stereocenters. The fraction of sp³-hybridized carbons (Fsp3) is 0.300. The van der Waals surface area contributed by atoms with E-state index in [0.717, 1.165) is 16.9 Å². The zero-order chi connectivity index (χ0) is 12.3. The molecule has 1 fully saturated rings. The fourth-order valence-corrected chi connectivity index (χ4v) is 2.01. The van der Waals surface area contributed by atoms with Crippen LogP contribution in [-0.2, 0) is 0 Å². The molecule has 0 amide bonds. The molecule has 1 saturated heterocycles. The Morgan fingerprint density at radius 1 is 1.65 bits per heavy atom. The Labute approximate surface area is 103 Å². The first-order valence-corrected chi connectivity index (χ1v) is 6.30. The Kier molecular flexibility index (Phi) is 3.48. The van der Waals surface area contributed by atoms with E-state index in [2.05, 4.69) is 10.3 Å². The summed E-state index contributed by atoms with van der Waals surface area (Å²) in [4.78, 5) is 16.1. The van der Waals surface area contributed by atoms with Crippen LogP contribution in [0.3, 0.4) is 0 Å². The zero-order valence-corrected chi connectivity index (χ0v) is 10.1. The number of nitro groups is 1. The van der Waals surface area contributed by atoms with Crippen LogP contribution in [0.2, 0.25) is 0 Å². The molecule has 0 aliphatic carbocycles. The van der Waals surface area contributed by atoms with Gasteiger partial charge in [0.15, 0.2) is 5.82 Å². The monoisotopic (exact) mass is 252 g/mol. The second kappa shape index (κ2) is 5.05. The summed E-state index contributed by atoms with van der Waals surface area (Å²) in [5, 5.41) is 14.4. The van der Waals surface area contributed by atoms with Crippen LogP contribution < -0.4 is 10.2 Å². The summed E-state index contributed by atoms with van der Waals surface area (Å²) in [6.07, 6.45) is 4.67. The van der Waals surface area contributed by atoms with Crippen LogP contribution in [-0.4, -0.2) is 29.3 Å². The van der Waals surface area contributed by atoms with Crippen LogP contribution in [0.4, 0.5) is 5.69 Å². The molecule has 0 bridgehead atoms. The SMILES string of the molecule is CSc1ccc(N2CCN/C2=C\[N+](=O)[O-])cn1. The molecule has 0 saturated carbocycles. The summed E-state index contributed by atoms with van der Waals surface area (Å²) >= 11 is 1.56. The van der Waals surface area contributed by atoms with E-state index >= 15 is 0 Å². The highest BCUT2D eigenvalue weighted by molar-refractivity contribution is 7.98. The molecule has 1 aromatic rings. The number of anilines is 1. The maximum Gasteiger partial charge on any atom is 0.274 e. The Balaban J connectivity index is 2.23. The van der Waals surface area contributed by atoms with Gasteiger partial charge in [0.2, 0.25) is 0 Å². The smallest absolute Gasteiger partial charge is 0.274 e. The van der Waals surface area contributed by atoms with Crippen LogP contribution >= 0.6 is 11.8 Å². The Bertz CT molecular complexity index is 446.